The number of rotatable bonds is 6. The van der Waals surface area contributed by atoms with Crippen molar-refractivity contribution in [3.8, 4) is 0 Å². The average molecular weight is 344 g/mol. The number of benzene rings is 1. The van der Waals surface area contributed by atoms with Crippen molar-refractivity contribution in [2.24, 2.45) is 0 Å². The van der Waals surface area contributed by atoms with Gasteiger partial charge in [0.15, 0.2) is 0 Å². The quantitative estimate of drug-likeness (QED) is 0.806. The highest BCUT2D eigenvalue weighted by molar-refractivity contribution is 5.88. The number of carbonyl (C=O) groups excluding carboxylic acids is 1. The van der Waals surface area contributed by atoms with Crippen molar-refractivity contribution >= 4 is 5.91 Å². The Kier molecular flexibility index (Phi) is 6.88. The molecular formula is C21H32N2O2. The van der Waals surface area contributed by atoms with Crippen molar-refractivity contribution < 1.29 is 9.53 Å². The third-order valence-electron chi connectivity index (χ3n) is 5.74. The van der Waals surface area contributed by atoms with Gasteiger partial charge in [0.2, 0.25) is 5.91 Å². The SMILES string of the molecule is O=C(NCCCN1CCCCCC1)C1(c2ccccc2)CCOCC1. The van der Waals surface area contributed by atoms with E-state index in [0.717, 1.165) is 37.9 Å². The van der Waals surface area contributed by atoms with E-state index in [2.05, 4.69) is 22.3 Å². The second-order valence-electron chi connectivity index (χ2n) is 7.43. The molecule has 1 aromatic carbocycles. The Bertz CT molecular complexity index is 518. The molecule has 4 heteroatoms. The number of nitrogens with one attached hydrogen (secondary N) is 1. The predicted octanol–water partition coefficient (Wildman–Crippen LogP) is 3.12. The number of hydrogen-bond donors (Lipinski definition) is 1. The van der Waals surface area contributed by atoms with E-state index in [4.69, 9.17) is 4.74 Å². The fourth-order valence-corrected chi connectivity index (χ4v) is 4.16. The maximum atomic E-state index is 13.0. The van der Waals surface area contributed by atoms with Crippen LogP contribution >= 0.6 is 0 Å². The normalized spacial score (nSPS) is 21.4. The summed E-state index contributed by atoms with van der Waals surface area (Å²) in [7, 11) is 0. The van der Waals surface area contributed by atoms with Gasteiger partial charge in [0.1, 0.15) is 0 Å². The van der Waals surface area contributed by atoms with Gasteiger partial charge in [-0.25, -0.2) is 0 Å². The largest absolute Gasteiger partial charge is 0.381 e. The smallest absolute Gasteiger partial charge is 0.230 e. The summed E-state index contributed by atoms with van der Waals surface area (Å²) < 4.78 is 5.53. The van der Waals surface area contributed by atoms with E-state index in [1.807, 2.05) is 18.2 Å². The molecule has 4 nitrogen and oxygen atoms in total. The van der Waals surface area contributed by atoms with Crippen molar-refractivity contribution in [1.29, 1.82) is 0 Å². The summed E-state index contributed by atoms with van der Waals surface area (Å²) in [6, 6.07) is 10.2. The zero-order valence-electron chi connectivity index (χ0n) is 15.3. The van der Waals surface area contributed by atoms with Crippen LogP contribution in [-0.4, -0.2) is 50.2 Å². The molecule has 2 aliphatic rings. The Balaban J connectivity index is 1.52. The van der Waals surface area contributed by atoms with Crippen LogP contribution in [0.4, 0.5) is 0 Å². The molecule has 0 aromatic heterocycles. The van der Waals surface area contributed by atoms with Crippen LogP contribution in [0.2, 0.25) is 0 Å². The lowest BCUT2D eigenvalue weighted by atomic mass is 9.73. The lowest BCUT2D eigenvalue weighted by Crippen LogP contribution is -2.48. The molecule has 25 heavy (non-hydrogen) atoms. The van der Waals surface area contributed by atoms with Gasteiger partial charge in [-0.15, -0.1) is 0 Å². The van der Waals surface area contributed by atoms with Crippen LogP contribution in [0.5, 0.6) is 0 Å². The van der Waals surface area contributed by atoms with E-state index in [1.54, 1.807) is 0 Å². The Morgan fingerprint density at radius 2 is 1.72 bits per heavy atom. The first-order valence-electron chi connectivity index (χ1n) is 9.95. The van der Waals surface area contributed by atoms with Gasteiger partial charge in [-0.1, -0.05) is 43.2 Å². The van der Waals surface area contributed by atoms with Crippen LogP contribution < -0.4 is 5.32 Å². The molecule has 2 saturated heterocycles. The van der Waals surface area contributed by atoms with E-state index in [-0.39, 0.29) is 5.91 Å². The molecular weight excluding hydrogens is 312 g/mol. The Morgan fingerprint density at radius 1 is 1.04 bits per heavy atom. The number of carbonyl (C=O) groups is 1. The molecule has 3 rings (SSSR count). The molecule has 0 atom stereocenters. The summed E-state index contributed by atoms with van der Waals surface area (Å²) in [5.74, 6) is 0.179. The fraction of sp³-hybridized carbons (Fsp3) is 0.667. The van der Waals surface area contributed by atoms with Crippen LogP contribution in [0, 0.1) is 0 Å². The summed E-state index contributed by atoms with van der Waals surface area (Å²) >= 11 is 0. The Morgan fingerprint density at radius 3 is 2.40 bits per heavy atom. The summed E-state index contributed by atoms with van der Waals surface area (Å²) in [6.07, 6.45) is 7.97. The fourth-order valence-electron chi connectivity index (χ4n) is 4.16. The standard InChI is InChI=1S/C21H32N2O2/c24-20(22-13-8-16-23-14-6-1-2-7-15-23)21(11-17-25-18-12-21)19-9-4-3-5-10-19/h3-5,9-10H,1-2,6-8,11-18H2,(H,22,24). The van der Waals surface area contributed by atoms with Crippen LogP contribution in [0.3, 0.4) is 0 Å². The average Bonchev–Trinajstić information content (AvgIpc) is 2.95. The number of nitrogens with zero attached hydrogens (tertiary/aromatic N) is 1. The third kappa shape index (κ3) is 4.83. The number of amides is 1. The van der Waals surface area contributed by atoms with Gasteiger partial charge in [0.25, 0.3) is 0 Å². The Labute approximate surface area is 151 Å². The number of hydrogen-bond acceptors (Lipinski definition) is 3. The van der Waals surface area contributed by atoms with Crippen LogP contribution in [0.25, 0.3) is 0 Å². The zero-order valence-corrected chi connectivity index (χ0v) is 15.3. The monoisotopic (exact) mass is 344 g/mol. The van der Waals surface area contributed by atoms with Gasteiger partial charge in [0.05, 0.1) is 5.41 Å². The molecule has 1 N–H and O–H groups in total. The maximum Gasteiger partial charge on any atom is 0.230 e. The second-order valence-corrected chi connectivity index (χ2v) is 7.43. The molecule has 2 aliphatic heterocycles. The summed E-state index contributed by atoms with van der Waals surface area (Å²) in [5.41, 5.74) is 0.714. The van der Waals surface area contributed by atoms with Crippen molar-refractivity contribution in [1.82, 2.24) is 10.2 Å². The molecule has 1 amide bonds. The van der Waals surface area contributed by atoms with Crippen molar-refractivity contribution in [3.63, 3.8) is 0 Å². The lowest BCUT2D eigenvalue weighted by molar-refractivity contribution is -0.130. The molecule has 0 aliphatic carbocycles. The molecule has 0 unspecified atom stereocenters. The lowest BCUT2D eigenvalue weighted by Gasteiger charge is -2.36. The van der Waals surface area contributed by atoms with Crippen LogP contribution in [0.15, 0.2) is 30.3 Å². The first-order chi connectivity index (χ1) is 12.3. The van der Waals surface area contributed by atoms with E-state index in [0.29, 0.717) is 13.2 Å². The molecule has 0 bridgehead atoms. The van der Waals surface area contributed by atoms with Gasteiger partial charge in [-0.3, -0.25) is 4.79 Å². The van der Waals surface area contributed by atoms with E-state index in [9.17, 15) is 4.79 Å². The van der Waals surface area contributed by atoms with Gasteiger partial charge in [-0.05, 0) is 57.3 Å². The minimum Gasteiger partial charge on any atom is -0.381 e. The highest BCUT2D eigenvalue weighted by Crippen LogP contribution is 2.35. The maximum absolute atomic E-state index is 13.0. The van der Waals surface area contributed by atoms with Gasteiger partial charge in [0, 0.05) is 19.8 Å². The molecule has 1 aromatic rings. The van der Waals surface area contributed by atoms with Crippen LogP contribution in [-0.2, 0) is 14.9 Å². The molecule has 0 spiro atoms. The molecule has 138 valence electrons. The third-order valence-corrected chi connectivity index (χ3v) is 5.74. The minimum absolute atomic E-state index is 0.179. The summed E-state index contributed by atoms with van der Waals surface area (Å²) in [4.78, 5) is 15.6. The van der Waals surface area contributed by atoms with E-state index >= 15 is 0 Å². The van der Waals surface area contributed by atoms with Gasteiger partial charge >= 0.3 is 0 Å². The van der Waals surface area contributed by atoms with E-state index in [1.165, 1.54) is 38.8 Å². The number of likely N-dealkylation sites (tertiary alicyclic amines) is 1. The first kappa shape index (κ1) is 18.4. The van der Waals surface area contributed by atoms with Crippen molar-refractivity contribution in [2.75, 3.05) is 39.4 Å². The Hall–Kier alpha value is -1.39. The summed E-state index contributed by atoms with van der Waals surface area (Å²) in [6.45, 7) is 5.64. The predicted molar refractivity (Wildman–Crippen MR) is 101 cm³/mol. The van der Waals surface area contributed by atoms with Gasteiger partial charge < -0.3 is 15.0 Å². The molecule has 2 heterocycles. The highest BCUT2D eigenvalue weighted by atomic mass is 16.5. The number of ether oxygens (including phenoxy) is 1. The minimum atomic E-state index is -0.415. The first-order valence-corrected chi connectivity index (χ1v) is 9.95. The summed E-state index contributed by atoms with van der Waals surface area (Å²) in [5, 5.41) is 3.23. The molecule has 2 fully saturated rings. The van der Waals surface area contributed by atoms with E-state index < -0.39 is 5.41 Å². The zero-order chi connectivity index (χ0) is 17.4. The van der Waals surface area contributed by atoms with Crippen molar-refractivity contribution in [2.45, 2.75) is 50.4 Å². The molecule has 0 saturated carbocycles. The second kappa shape index (κ2) is 9.35. The molecule has 0 radical (unpaired) electrons. The van der Waals surface area contributed by atoms with Crippen LogP contribution in [0.1, 0.15) is 50.5 Å². The highest BCUT2D eigenvalue weighted by Gasteiger charge is 2.41. The van der Waals surface area contributed by atoms with Crippen molar-refractivity contribution in [3.05, 3.63) is 35.9 Å². The topological polar surface area (TPSA) is 41.6 Å². The van der Waals surface area contributed by atoms with Gasteiger partial charge in [-0.2, -0.15) is 0 Å².